The second kappa shape index (κ2) is 6.19. The fourth-order valence-corrected chi connectivity index (χ4v) is 3.10. The van der Waals surface area contributed by atoms with E-state index in [0.717, 1.165) is 39.0 Å². The maximum atomic E-state index is 11.9. The van der Waals surface area contributed by atoms with Crippen molar-refractivity contribution < 1.29 is 19.4 Å². The molecule has 2 aliphatic heterocycles. The number of carboxylic acid groups (broad SMARTS) is 1. The maximum absolute atomic E-state index is 11.9. The van der Waals surface area contributed by atoms with Gasteiger partial charge in [0.1, 0.15) is 6.61 Å². The lowest BCUT2D eigenvalue weighted by Crippen LogP contribution is -2.66. The number of likely N-dealkylation sites (tertiary alicyclic amines) is 2. The fraction of sp³-hybridized carbons (Fsp3) is 0.857. The Bertz CT molecular complexity index is 399. The van der Waals surface area contributed by atoms with E-state index < -0.39 is 5.97 Å². The summed E-state index contributed by atoms with van der Waals surface area (Å²) >= 11 is 0. The molecule has 0 spiro atoms. The summed E-state index contributed by atoms with van der Waals surface area (Å²) in [5, 5.41) is 8.66. The number of hydrogen-bond acceptors (Lipinski definition) is 4. The molecule has 2 amide bonds. The fourth-order valence-electron chi connectivity index (χ4n) is 3.10. The number of carbonyl (C=O) groups excluding carboxylic acids is 1. The number of urea groups is 1. The number of carboxylic acids is 1. The van der Waals surface area contributed by atoms with Gasteiger partial charge in [-0.15, -0.1) is 0 Å². The summed E-state index contributed by atoms with van der Waals surface area (Å²) in [6.07, 6.45) is 1.93. The van der Waals surface area contributed by atoms with Gasteiger partial charge in [-0.2, -0.15) is 0 Å². The van der Waals surface area contributed by atoms with E-state index in [1.807, 2.05) is 11.8 Å². The number of hydrogen-bond donors (Lipinski definition) is 1. The zero-order valence-electron chi connectivity index (χ0n) is 13.0. The van der Waals surface area contributed by atoms with Crippen LogP contribution in [-0.2, 0) is 9.53 Å². The number of nitrogens with zero attached hydrogens (tertiary/aromatic N) is 3. The Morgan fingerprint density at radius 3 is 2.33 bits per heavy atom. The molecule has 7 nitrogen and oxygen atoms in total. The molecule has 2 fully saturated rings. The van der Waals surface area contributed by atoms with Crippen LogP contribution in [0.5, 0.6) is 0 Å². The SMILES string of the molecule is CN(C)C(=O)N1CCC(N2CC(C)(OCC(=O)O)C2)CC1. The van der Waals surface area contributed by atoms with Crippen LogP contribution in [0.1, 0.15) is 19.8 Å². The van der Waals surface area contributed by atoms with E-state index in [2.05, 4.69) is 4.90 Å². The van der Waals surface area contributed by atoms with E-state index in [1.54, 1.807) is 19.0 Å². The lowest BCUT2D eigenvalue weighted by molar-refractivity contribution is -0.171. The Kier molecular flexibility index (Phi) is 4.73. The summed E-state index contributed by atoms with van der Waals surface area (Å²) in [5.41, 5.74) is -0.338. The normalized spacial score (nSPS) is 22.7. The first-order valence-electron chi connectivity index (χ1n) is 7.37. The van der Waals surface area contributed by atoms with Gasteiger partial charge < -0.3 is 19.6 Å². The van der Waals surface area contributed by atoms with Gasteiger partial charge >= 0.3 is 12.0 Å². The summed E-state index contributed by atoms with van der Waals surface area (Å²) in [6.45, 7) is 4.83. The van der Waals surface area contributed by atoms with Gasteiger partial charge in [-0.3, -0.25) is 4.90 Å². The van der Waals surface area contributed by atoms with E-state index in [9.17, 15) is 9.59 Å². The van der Waals surface area contributed by atoms with Gasteiger partial charge in [0.15, 0.2) is 0 Å². The smallest absolute Gasteiger partial charge is 0.329 e. The quantitative estimate of drug-likeness (QED) is 0.808. The van der Waals surface area contributed by atoms with Crippen molar-refractivity contribution in [1.29, 1.82) is 0 Å². The number of aliphatic carboxylic acids is 1. The van der Waals surface area contributed by atoms with Gasteiger partial charge in [0, 0.05) is 46.3 Å². The number of piperidine rings is 1. The lowest BCUT2D eigenvalue weighted by Gasteiger charge is -2.52. The molecule has 0 aromatic heterocycles. The van der Waals surface area contributed by atoms with E-state index in [1.165, 1.54) is 0 Å². The van der Waals surface area contributed by atoms with E-state index in [0.29, 0.717) is 6.04 Å². The molecule has 2 saturated heterocycles. The maximum Gasteiger partial charge on any atom is 0.329 e. The molecule has 0 unspecified atom stereocenters. The van der Waals surface area contributed by atoms with Crippen LogP contribution in [0.2, 0.25) is 0 Å². The highest BCUT2D eigenvalue weighted by Gasteiger charge is 2.44. The molecular weight excluding hydrogens is 274 g/mol. The Hall–Kier alpha value is -1.34. The van der Waals surface area contributed by atoms with Crippen molar-refractivity contribution in [3.05, 3.63) is 0 Å². The molecule has 0 aromatic rings. The Morgan fingerprint density at radius 1 is 1.29 bits per heavy atom. The van der Waals surface area contributed by atoms with Gasteiger partial charge in [0.05, 0.1) is 5.60 Å². The van der Waals surface area contributed by atoms with Crippen molar-refractivity contribution in [2.75, 3.05) is 46.9 Å². The van der Waals surface area contributed by atoms with Gasteiger partial charge in [0.25, 0.3) is 0 Å². The van der Waals surface area contributed by atoms with Gasteiger partial charge in [0.2, 0.25) is 0 Å². The molecule has 7 heteroatoms. The monoisotopic (exact) mass is 299 g/mol. The van der Waals surface area contributed by atoms with Gasteiger partial charge in [-0.25, -0.2) is 9.59 Å². The average molecular weight is 299 g/mol. The second-order valence-electron chi connectivity index (χ2n) is 6.43. The first-order chi connectivity index (χ1) is 9.81. The van der Waals surface area contributed by atoms with Crippen LogP contribution in [0.15, 0.2) is 0 Å². The largest absolute Gasteiger partial charge is 0.480 e. The molecule has 1 N–H and O–H groups in total. The van der Waals surface area contributed by atoms with Crippen molar-refractivity contribution in [2.24, 2.45) is 0 Å². The van der Waals surface area contributed by atoms with E-state index in [-0.39, 0.29) is 18.2 Å². The standard InChI is InChI=1S/C14H25N3O4/c1-14(21-8-12(18)19)9-17(10-14)11-4-6-16(7-5-11)13(20)15(2)3/h11H,4-10H2,1-3H3,(H,18,19). The lowest BCUT2D eigenvalue weighted by atomic mass is 9.90. The molecule has 21 heavy (non-hydrogen) atoms. The molecule has 120 valence electrons. The third kappa shape index (κ3) is 3.85. The van der Waals surface area contributed by atoms with Crippen LogP contribution in [0.4, 0.5) is 4.79 Å². The number of ether oxygens (including phenoxy) is 1. The van der Waals surface area contributed by atoms with Crippen LogP contribution >= 0.6 is 0 Å². The van der Waals surface area contributed by atoms with Crippen LogP contribution in [-0.4, -0.2) is 90.3 Å². The zero-order valence-corrected chi connectivity index (χ0v) is 13.0. The molecule has 0 radical (unpaired) electrons. The minimum absolute atomic E-state index is 0.0756. The summed E-state index contributed by atoms with van der Waals surface area (Å²) in [5.74, 6) is -0.926. The first kappa shape index (κ1) is 16.0. The summed E-state index contributed by atoms with van der Waals surface area (Å²) < 4.78 is 5.43. The second-order valence-corrected chi connectivity index (χ2v) is 6.43. The molecule has 0 bridgehead atoms. The van der Waals surface area contributed by atoms with Crippen LogP contribution in [0, 0.1) is 0 Å². The van der Waals surface area contributed by atoms with E-state index in [4.69, 9.17) is 9.84 Å². The highest BCUT2D eigenvalue weighted by Crippen LogP contribution is 2.30. The zero-order chi connectivity index (χ0) is 15.6. The highest BCUT2D eigenvalue weighted by molar-refractivity contribution is 5.73. The molecule has 0 aromatic carbocycles. The van der Waals surface area contributed by atoms with Crippen LogP contribution < -0.4 is 0 Å². The topological polar surface area (TPSA) is 73.3 Å². The number of amides is 2. The third-order valence-corrected chi connectivity index (χ3v) is 4.25. The van der Waals surface area contributed by atoms with Gasteiger partial charge in [-0.05, 0) is 19.8 Å². The summed E-state index contributed by atoms with van der Waals surface area (Å²) in [6, 6.07) is 0.546. The molecule has 0 aliphatic carbocycles. The van der Waals surface area contributed by atoms with E-state index >= 15 is 0 Å². The average Bonchev–Trinajstić information content (AvgIpc) is 2.41. The molecule has 2 aliphatic rings. The molecule has 2 heterocycles. The Morgan fingerprint density at radius 2 is 1.86 bits per heavy atom. The Labute approximate surface area is 125 Å². The molecular formula is C14H25N3O4. The summed E-state index contributed by atoms with van der Waals surface area (Å²) in [4.78, 5) is 28.2. The van der Waals surface area contributed by atoms with Crippen LogP contribution in [0.3, 0.4) is 0 Å². The summed E-state index contributed by atoms with van der Waals surface area (Å²) in [7, 11) is 3.55. The number of rotatable bonds is 4. The molecule has 0 atom stereocenters. The Balaban J connectivity index is 1.73. The van der Waals surface area contributed by atoms with Crippen molar-refractivity contribution in [3.63, 3.8) is 0 Å². The number of carbonyl (C=O) groups is 2. The molecule has 0 saturated carbocycles. The predicted molar refractivity (Wildman–Crippen MR) is 77.2 cm³/mol. The van der Waals surface area contributed by atoms with Crippen molar-refractivity contribution in [2.45, 2.75) is 31.4 Å². The minimum Gasteiger partial charge on any atom is -0.480 e. The first-order valence-corrected chi connectivity index (χ1v) is 7.37. The van der Waals surface area contributed by atoms with Crippen molar-refractivity contribution in [1.82, 2.24) is 14.7 Å². The third-order valence-electron chi connectivity index (χ3n) is 4.25. The highest BCUT2D eigenvalue weighted by atomic mass is 16.5. The molecule has 2 rings (SSSR count). The van der Waals surface area contributed by atoms with Crippen molar-refractivity contribution >= 4 is 12.0 Å². The minimum atomic E-state index is -0.926. The predicted octanol–water partition coefficient (Wildman–Crippen LogP) is 0.308. The van der Waals surface area contributed by atoms with Crippen LogP contribution in [0.25, 0.3) is 0 Å². The van der Waals surface area contributed by atoms with Crippen molar-refractivity contribution in [3.8, 4) is 0 Å². The van der Waals surface area contributed by atoms with Gasteiger partial charge in [-0.1, -0.05) is 0 Å².